The zero-order valence-corrected chi connectivity index (χ0v) is 14.6. The summed E-state index contributed by atoms with van der Waals surface area (Å²) >= 11 is 0. The van der Waals surface area contributed by atoms with Crippen molar-refractivity contribution < 1.29 is 19.7 Å². The Balaban J connectivity index is 1.71. The van der Waals surface area contributed by atoms with Gasteiger partial charge < -0.3 is 25.0 Å². The van der Waals surface area contributed by atoms with E-state index in [4.69, 9.17) is 9.47 Å². The van der Waals surface area contributed by atoms with Gasteiger partial charge in [0.25, 0.3) is 0 Å². The molecule has 0 aliphatic heterocycles. The zero-order chi connectivity index (χ0) is 17.8. The van der Waals surface area contributed by atoms with E-state index >= 15 is 0 Å². The van der Waals surface area contributed by atoms with Crippen LogP contribution in [0.2, 0.25) is 0 Å². The second-order valence-electron chi connectivity index (χ2n) is 6.43. The number of rotatable bonds is 6. The number of aliphatic hydroxyl groups is 2. The molecule has 0 radical (unpaired) electrons. The molecule has 0 saturated heterocycles. The van der Waals surface area contributed by atoms with E-state index in [1.165, 1.54) is 0 Å². The number of ether oxygens (including phenoxy) is 2. The SMILES string of the molecule is COc1ccc(CN[C@H]2[C@H](O)[C@H](O)C[C@@H]2c2ccc(OC)cc2)cc1. The molecule has 5 heteroatoms. The Kier molecular flexibility index (Phi) is 5.58. The van der Waals surface area contributed by atoms with Crippen molar-refractivity contribution in [1.29, 1.82) is 0 Å². The lowest BCUT2D eigenvalue weighted by atomic mass is 9.93. The Morgan fingerprint density at radius 3 is 2.04 bits per heavy atom. The molecule has 1 aliphatic carbocycles. The minimum atomic E-state index is -0.787. The van der Waals surface area contributed by atoms with Gasteiger partial charge in [-0.2, -0.15) is 0 Å². The molecule has 3 N–H and O–H groups in total. The van der Waals surface area contributed by atoms with Gasteiger partial charge in [0.2, 0.25) is 0 Å². The molecule has 0 spiro atoms. The highest BCUT2D eigenvalue weighted by Crippen LogP contribution is 2.36. The third-order valence-electron chi connectivity index (χ3n) is 4.94. The molecule has 0 unspecified atom stereocenters. The largest absolute Gasteiger partial charge is 0.497 e. The second-order valence-corrected chi connectivity index (χ2v) is 6.43. The molecular formula is C20H25NO4. The van der Waals surface area contributed by atoms with Crippen LogP contribution in [-0.2, 0) is 6.54 Å². The van der Waals surface area contributed by atoms with Crippen LogP contribution in [0.4, 0.5) is 0 Å². The molecule has 134 valence electrons. The Hall–Kier alpha value is -2.08. The third-order valence-corrected chi connectivity index (χ3v) is 4.94. The highest BCUT2D eigenvalue weighted by Gasteiger charge is 2.41. The molecule has 0 heterocycles. The average molecular weight is 343 g/mol. The van der Waals surface area contributed by atoms with Gasteiger partial charge in [0.1, 0.15) is 11.5 Å². The molecule has 1 fully saturated rings. The number of methoxy groups -OCH3 is 2. The topological polar surface area (TPSA) is 71.0 Å². The molecule has 4 atom stereocenters. The first-order valence-corrected chi connectivity index (χ1v) is 8.48. The summed E-state index contributed by atoms with van der Waals surface area (Å²) in [5.74, 6) is 1.66. The normalized spacial score (nSPS) is 25.8. The first kappa shape index (κ1) is 17.7. The maximum Gasteiger partial charge on any atom is 0.118 e. The first-order chi connectivity index (χ1) is 12.1. The number of hydrogen-bond acceptors (Lipinski definition) is 5. The van der Waals surface area contributed by atoms with E-state index in [0.717, 1.165) is 22.6 Å². The monoisotopic (exact) mass is 343 g/mol. The molecule has 2 aromatic carbocycles. The Morgan fingerprint density at radius 1 is 0.920 bits per heavy atom. The molecule has 3 rings (SSSR count). The fraction of sp³-hybridized carbons (Fsp3) is 0.400. The molecule has 1 saturated carbocycles. The lowest BCUT2D eigenvalue weighted by Gasteiger charge is -2.24. The van der Waals surface area contributed by atoms with Gasteiger partial charge >= 0.3 is 0 Å². The van der Waals surface area contributed by atoms with Crippen LogP contribution < -0.4 is 14.8 Å². The van der Waals surface area contributed by atoms with Gasteiger partial charge in [-0.25, -0.2) is 0 Å². The van der Waals surface area contributed by atoms with Gasteiger partial charge in [0, 0.05) is 18.5 Å². The van der Waals surface area contributed by atoms with Crippen LogP contribution in [0.1, 0.15) is 23.5 Å². The maximum absolute atomic E-state index is 10.4. The van der Waals surface area contributed by atoms with Crippen molar-refractivity contribution in [2.75, 3.05) is 14.2 Å². The van der Waals surface area contributed by atoms with Crippen LogP contribution >= 0.6 is 0 Å². The third kappa shape index (κ3) is 3.95. The van der Waals surface area contributed by atoms with Gasteiger partial charge in [-0.05, 0) is 41.8 Å². The van der Waals surface area contributed by atoms with Gasteiger partial charge in [-0.1, -0.05) is 24.3 Å². The highest BCUT2D eigenvalue weighted by molar-refractivity contribution is 5.32. The predicted octanol–water partition coefficient (Wildman–Crippen LogP) is 2.07. The molecule has 0 amide bonds. The maximum atomic E-state index is 10.4. The van der Waals surface area contributed by atoms with Crippen LogP contribution in [0.3, 0.4) is 0 Å². The van der Waals surface area contributed by atoms with Crippen molar-refractivity contribution >= 4 is 0 Å². The zero-order valence-electron chi connectivity index (χ0n) is 14.6. The standard InChI is InChI=1S/C20H25NO4/c1-24-15-7-3-13(4-8-15)12-21-19-17(11-18(22)20(19)23)14-5-9-16(25-2)10-6-14/h3-10,17-23H,11-12H2,1-2H3/t17-,18-,19-,20-/m1/s1. The second kappa shape index (κ2) is 7.87. The molecule has 0 bridgehead atoms. The number of benzene rings is 2. The fourth-order valence-electron chi connectivity index (χ4n) is 3.46. The quantitative estimate of drug-likeness (QED) is 0.749. The summed E-state index contributed by atoms with van der Waals surface area (Å²) in [4.78, 5) is 0. The fourth-order valence-corrected chi connectivity index (χ4v) is 3.46. The van der Waals surface area contributed by atoms with E-state index in [9.17, 15) is 10.2 Å². The van der Waals surface area contributed by atoms with E-state index < -0.39 is 12.2 Å². The molecule has 1 aliphatic rings. The van der Waals surface area contributed by atoms with Crippen molar-refractivity contribution in [3.05, 3.63) is 59.7 Å². The van der Waals surface area contributed by atoms with E-state index in [1.54, 1.807) is 14.2 Å². The Bertz CT molecular complexity index is 671. The van der Waals surface area contributed by atoms with Crippen molar-refractivity contribution in [2.24, 2.45) is 0 Å². The number of hydrogen-bond donors (Lipinski definition) is 3. The van der Waals surface area contributed by atoms with E-state index in [2.05, 4.69) is 5.32 Å². The van der Waals surface area contributed by atoms with Crippen molar-refractivity contribution in [2.45, 2.75) is 37.1 Å². The number of aliphatic hydroxyl groups excluding tert-OH is 2. The van der Waals surface area contributed by atoms with Crippen LogP contribution in [0.15, 0.2) is 48.5 Å². The summed E-state index contributed by atoms with van der Waals surface area (Å²) in [6.07, 6.45) is -0.973. The van der Waals surface area contributed by atoms with Crippen LogP contribution in [0.5, 0.6) is 11.5 Å². The van der Waals surface area contributed by atoms with Crippen LogP contribution in [0, 0.1) is 0 Å². The minimum absolute atomic E-state index is 0.0501. The van der Waals surface area contributed by atoms with Gasteiger partial charge in [-0.3, -0.25) is 0 Å². The summed E-state index contributed by atoms with van der Waals surface area (Å²) < 4.78 is 10.4. The lowest BCUT2D eigenvalue weighted by molar-refractivity contribution is 0.0297. The smallest absolute Gasteiger partial charge is 0.118 e. The first-order valence-electron chi connectivity index (χ1n) is 8.48. The summed E-state index contributed by atoms with van der Waals surface area (Å²) in [5, 5.41) is 23.9. The molecule has 5 nitrogen and oxygen atoms in total. The number of nitrogens with one attached hydrogen (secondary N) is 1. The van der Waals surface area contributed by atoms with Crippen LogP contribution in [-0.4, -0.2) is 42.7 Å². The summed E-state index contributed by atoms with van der Waals surface area (Å²) in [6.45, 7) is 0.616. The van der Waals surface area contributed by atoms with E-state index in [1.807, 2.05) is 48.5 Å². The van der Waals surface area contributed by atoms with E-state index in [0.29, 0.717) is 13.0 Å². The molecule has 25 heavy (non-hydrogen) atoms. The Labute approximate surface area is 148 Å². The van der Waals surface area contributed by atoms with Crippen molar-refractivity contribution in [3.63, 3.8) is 0 Å². The molecule has 2 aromatic rings. The van der Waals surface area contributed by atoms with E-state index in [-0.39, 0.29) is 12.0 Å². The predicted molar refractivity (Wildman–Crippen MR) is 96.0 cm³/mol. The Morgan fingerprint density at radius 2 is 1.48 bits per heavy atom. The minimum Gasteiger partial charge on any atom is -0.497 e. The van der Waals surface area contributed by atoms with Gasteiger partial charge in [-0.15, -0.1) is 0 Å². The summed E-state index contributed by atoms with van der Waals surface area (Å²) in [6, 6.07) is 15.4. The molecular weight excluding hydrogens is 318 g/mol. The molecule has 0 aromatic heterocycles. The van der Waals surface area contributed by atoms with Gasteiger partial charge in [0.15, 0.2) is 0 Å². The van der Waals surface area contributed by atoms with Crippen molar-refractivity contribution in [1.82, 2.24) is 5.32 Å². The lowest BCUT2D eigenvalue weighted by Crippen LogP contribution is -2.41. The highest BCUT2D eigenvalue weighted by atomic mass is 16.5. The average Bonchev–Trinajstić information content (AvgIpc) is 2.95. The summed E-state index contributed by atoms with van der Waals surface area (Å²) in [5.41, 5.74) is 2.19. The van der Waals surface area contributed by atoms with Crippen LogP contribution in [0.25, 0.3) is 0 Å². The summed E-state index contributed by atoms with van der Waals surface area (Å²) in [7, 11) is 3.28. The van der Waals surface area contributed by atoms with Crippen molar-refractivity contribution in [3.8, 4) is 11.5 Å². The van der Waals surface area contributed by atoms with Gasteiger partial charge in [0.05, 0.1) is 26.4 Å².